The lowest BCUT2D eigenvalue weighted by atomic mass is 9.70. The molecule has 3 aromatic carbocycles. The van der Waals surface area contributed by atoms with Gasteiger partial charge in [-0.1, -0.05) is 25.3 Å². The third kappa shape index (κ3) is 4.58. The van der Waals surface area contributed by atoms with E-state index >= 15 is 0 Å². The number of hydrogen-bond acceptors (Lipinski definition) is 2. The summed E-state index contributed by atoms with van der Waals surface area (Å²) in [5.41, 5.74) is 0.362. The van der Waals surface area contributed by atoms with Crippen LogP contribution in [0.4, 0.5) is 27.6 Å². The van der Waals surface area contributed by atoms with Gasteiger partial charge in [0.15, 0.2) is 0 Å². The molecule has 1 aliphatic carbocycles. The summed E-state index contributed by atoms with van der Waals surface area (Å²) in [6.07, 6.45) is 3.95. The van der Waals surface area contributed by atoms with Crippen LogP contribution >= 0.6 is 0 Å². The molecule has 2 aliphatic rings. The van der Waals surface area contributed by atoms with Gasteiger partial charge in [-0.05, 0) is 48.2 Å². The normalized spacial score (nSPS) is 16.2. The highest BCUT2D eigenvalue weighted by molar-refractivity contribution is 6.09. The van der Waals surface area contributed by atoms with Gasteiger partial charge in [0.2, 0.25) is 5.91 Å². The summed E-state index contributed by atoms with van der Waals surface area (Å²) in [5.74, 6) is -5.66. The van der Waals surface area contributed by atoms with E-state index in [-0.39, 0.29) is 23.6 Å². The zero-order valence-corrected chi connectivity index (χ0v) is 19.7. The maximum atomic E-state index is 14.0. The number of hydrogen-bond donors (Lipinski definition) is 1. The van der Waals surface area contributed by atoms with Crippen molar-refractivity contribution in [3.8, 4) is 0 Å². The van der Waals surface area contributed by atoms with Crippen molar-refractivity contribution >= 4 is 17.5 Å². The molecule has 1 aliphatic heterocycles. The van der Waals surface area contributed by atoms with Gasteiger partial charge in [-0.25, -0.2) is 22.0 Å². The van der Waals surface area contributed by atoms with Crippen molar-refractivity contribution in [1.29, 1.82) is 0 Å². The first-order valence-electron chi connectivity index (χ1n) is 12.0. The van der Waals surface area contributed by atoms with Gasteiger partial charge >= 0.3 is 0 Å². The zero-order chi connectivity index (χ0) is 26.3. The molecule has 0 bridgehead atoms. The fourth-order valence-corrected chi connectivity index (χ4v) is 5.48. The molecule has 3 aromatic rings. The van der Waals surface area contributed by atoms with Crippen molar-refractivity contribution < 1.29 is 31.5 Å². The van der Waals surface area contributed by atoms with E-state index in [1.165, 1.54) is 11.0 Å². The van der Waals surface area contributed by atoms with E-state index in [1.807, 2.05) is 0 Å². The summed E-state index contributed by atoms with van der Waals surface area (Å²) in [7, 11) is 0. The van der Waals surface area contributed by atoms with Gasteiger partial charge in [0, 0.05) is 41.6 Å². The van der Waals surface area contributed by atoms with Crippen LogP contribution in [0.5, 0.6) is 0 Å². The Morgan fingerprint density at radius 1 is 0.838 bits per heavy atom. The number of rotatable bonds is 5. The van der Waals surface area contributed by atoms with Crippen LogP contribution in [0.15, 0.2) is 48.5 Å². The summed E-state index contributed by atoms with van der Waals surface area (Å²) >= 11 is 0. The predicted molar refractivity (Wildman–Crippen MR) is 126 cm³/mol. The number of fused-ring (bicyclic) bond motifs is 2. The summed E-state index contributed by atoms with van der Waals surface area (Å²) in [6.45, 7) is -0.595. The number of halogens is 5. The number of benzene rings is 3. The number of nitrogens with one attached hydrogen (secondary N) is 1. The lowest BCUT2D eigenvalue weighted by molar-refractivity contribution is -0.124. The highest BCUT2D eigenvalue weighted by atomic mass is 19.2. The van der Waals surface area contributed by atoms with Crippen LogP contribution in [0.25, 0.3) is 0 Å². The fourth-order valence-electron chi connectivity index (χ4n) is 5.48. The molecule has 0 radical (unpaired) electrons. The van der Waals surface area contributed by atoms with Crippen LogP contribution in [0.1, 0.15) is 59.2 Å². The van der Waals surface area contributed by atoms with Crippen LogP contribution in [0.3, 0.4) is 0 Å². The van der Waals surface area contributed by atoms with Gasteiger partial charge < -0.3 is 10.2 Å². The molecular weight excluding hydrogens is 491 g/mol. The quantitative estimate of drug-likeness (QED) is 0.421. The highest BCUT2D eigenvalue weighted by Crippen LogP contribution is 2.50. The monoisotopic (exact) mass is 514 g/mol. The molecule has 4 nitrogen and oxygen atoms in total. The molecular formula is C28H23F5N2O2. The van der Waals surface area contributed by atoms with Crippen LogP contribution in [0.2, 0.25) is 0 Å². The second-order valence-corrected chi connectivity index (χ2v) is 9.57. The molecule has 192 valence electrons. The Morgan fingerprint density at radius 2 is 1.46 bits per heavy atom. The van der Waals surface area contributed by atoms with E-state index in [2.05, 4.69) is 5.32 Å². The second-order valence-electron chi connectivity index (χ2n) is 9.57. The molecule has 0 atom stereocenters. The average molecular weight is 514 g/mol. The molecule has 0 saturated heterocycles. The van der Waals surface area contributed by atoms with E-state index in [1.54, 1.807) is 12.1 Å². The first kappa shape index (κ1) is 24.9. The standard InChI is InChI=1S/C28H23F5N2O2/c29-18-8-16(9-19(30)11-18)15-35-25-10-17(4-5-22(25)28(27(35)37)6-2-1-3-7-28)26(36)34-14-21-23(32)12-20(31)13-24(21)33/h4-5,8-13H,1-3,6-7,14-15H2,(H,34,36). The largest absolute Gasteiger partial charge is 0.348 e. The molecule has 1 fully saturated rings. The van der Waals surface area contributed by atoms with Gasteiger partial charge in [-0.3, -0.25) is 9.59 Å². The van der Waals surface area contributed by atoms with E-state index in [0.717, 1.165) is 43.0 Å². The van der Waals surface area contributed by atoms with Crippen LogP contribution in [-0.4, -0.2) is 11.8 Å². The van der Waals surface area contributed by atoms with Crippen molar-refractivity contribution in [2.24, 2.45) is 0 Å². The Balaban J connectivity index is 1.46. The average Bonchev–Trinajstić information content (AvgIpc) is 3.05. The predicted octanol–water partition coefficient (Wildman–Crippen LogP) is 6.06. The number of nitrogens with zero attached hydrogens (tertiary/aromatic N) is 1. The summed E-state index contributed by atoms with van der Waals surface area (Å²) < 4.78 is 68.8. The molecule has 1 saturated carbocycles. The first-order chi connectivity index (χ1) is 17.7. The van der Waals surface area contributed by atoms with Crippen molar-refractivity contribution in [1.82, 2.24) is 5.32 Å². The zero-order valence-electron chi connectivity index (χ0n) is 19.7. The molecule has 1 N–H and O–H groups in total. The molecule has 1 spiro atoms. The molecule has 37 heavy (non-hydrogen) atoms. The van der Waals surface area contributed by atoms with Gasteiger partial charge in [0.05, 0.1) is 12.0 Å². The first-order valence-corrected chi connectivity index (χ1v) is 12.0. The number of anilines is 1. The SMILES string of the molecule is O=C(NCc1c(F)cc(F)cc1F)c1ccc2c(c1)N(Cc1cc(F)cc(F)c1)C(=O)C21CCCCC1. The topological polar surface area (TPSA) is 49.4 Å². The van der Waals surface area contributed by atoms with Gasteiger partial charge in [-0.15, -0.1) is 0 Å². The van der Waals surface area contributed by atoms with E-state index in [0.29, 0.717) is 30.7 Å². The molecule has 5 rings (SSSR count). The van der Waals surface area contributed by atoms with Gasteiger partial charge in [-0.2, -0.15) is 0 Å². The Hall–Kier alpha value is -3.75. The lowest BCUT2D eigenvalue weighted by Gasteiger charge is -2.32. The number of carbonyl (C=O) groups is 2. The van der Waals surface area contributed by atoms with Crippen molar-refractivity contribution in [3.63, 3.8) is 0 Å². The third-order valence-electron chi connectivity index (χ3n) is 7.22. The maximum Gasteiger partial charge on any atom is 0.251 e. The second kappa shape index (κ2) is 9.61. The Kier molecular flexibility index (Phi) is 6.47. The Bertz CT molecular complexity index is 1360. The Labute approximate surface area is 210 Å². The van der Waals surface area contributed by atoms with Gasteiger partial charge in [0.25, 0.3) is 5.91 Å². The van der Waals surface area contributed by atoms with Crippen molar-refractivity contribution in [2.75, 3.05) is 4.90 Å². The fraction of sp³-hybridized carbons (Fsp3) is 0.286. The maximum absolute atomic E-state index is 14.0. The van der Waals surface area contributed by atoms with Crippen LogP contribution in [0, 0.1) is 29.1 Å². The summed E-state index contributed by atoms with van der Waals surface area (Å²) in [4.78, 5) is 28.1. The molecule has 1 heterocycles. The summed E-state index contributed by atoms with van der Waals surface area (Å²) in [6, 6.07) is 8.89. The van der Waals surface area contributed by atoms with Crippen LogP contribution in [-0.2, 0) is 23.3 Å². The van der Waals surface area contributed by atoms with Crippen LogP contribution < -0.4 is 10.2 Å². The lowest BCUT2D eigenvalue weighted by Crippen LogP contribution is -2.41. The Morgan fingerprint density at radius 3 is 2.11 bits per heavy atom. The molecule has 2 amide bonds. The minimum atomic E-state index is -1.12. The van der Waals surface area contributed by atoms with Crippen molar-refractivity contribution in [2.45, 2.75) is 50.6 Å². The molecule has 0 unspecified atom stereocenters. The minimum absolute atomic E-state index is 0.0840. The molecule has 0 aromatic heterocycles. The minimum Gasteiger partial charge on any atom is -0.348 e. The van der Waals surface area contributed by atoms with E-state index < -0.39 is 52.5 Å². The smallest absolute Gasteiger partial charge is 0.251 e. The van der Waals surface area contributed by atoms with E-state index in [9.17, 15) is 31.5 Å². The number of carbonyl (C=O) groups excluding carboxylic acids is 2. The third-order valence-corrected chi connectivity index (χ3v) is 7.22. The van der Waals surface area contributed by atoms with Crippen molar-refractivity contribution in [3.05, 3.63) is 99.9 Å². The number of amides is 2. The van der Waals surface area contributed by atoms with Gasteiger partial charge in [0.1, 0.15) is 29.1 Å². The summed E-state index contributed by atoms with van der Waals surface area (Å²) in [5, 5.41) is 2.43. The highest BCUT2D eigenvalue weighted by Gasteiger charge is 2.51. The molecule has 9 heteroatoms. The van der Waals surface area contributed by atoms with E-state index in [4.69, 9.17) is 0 Å².